The van der Waals surface area contributed by atoms with E-state index in [2.05, 4.69) is 18.3 Å². The number of allylic oxidation sites excluding steroid dienone is 1. The lowest BCUT2D eigenvalue weighted by Gasteiger charge is -2.26. The fraction of sp³-hybridized carbons (Fsp3) is 0.842. The van der Waals surface area contributed by atoms with Crippen molar-refractivity contribution < 1.29 is 4.79 Å². The largest absolute Gasteiger partial charge is 0.299 e. The van der Waals surface area contributed by atoms with Crippen LogP contribution in [0.5, 0.6) is 0 Å². The van der Waals surface area contributed by atoms with Gasteiger partial charge in [-0.15, -0.1) is 6.58 Å². The van der Waals surface area contributed by atoms with Gasteiger partial charge >= 0.3 is 0 Å². The Hall–Kier alpha value is -0.240. The summed E-state index contributed by atoms with van der Waals surface area (Å²) in [5.41, 5.74) is 0. The highest BCUT2D eigenvalue weighted by atomic mass is 32.2. The van der Waals surface area contributed by atoms with E-state index in [9.17, 15) is 4.79 Å². The average Bonchev–Trinajstić information content (AvgIpc) is 2.83. The summed E-state index contributed by atoms with van der Waals surface area (Å²) >= 11 is 2.16. The Kier molecular flexibility index (Phi) is 7.92. The number of hydrogen-bond donors (Lipinski definition) is 0. The van der Waals surface area contributed by atoms with Crippen LogP contribution >= 0.6 is 11.8 Å². The number of hydrogen-bond acceptors (Lipinski definition) is 2. The van der Waals surface area contributed by atoms with Gasteiger partial charge in [0.1, 0.15) is 5.78 Å². The van der Waals surface area contributed by atoms with Gasteiger partial charge in [-0.05, 0) is 44.9 Å². The smallest absolute Gasteiger partial charge is 0.136 e. The molecule has 0 N–H and O–H groups in total. The zero-order valence-corrected chi connectivity index (χ0v) is 14.3. The molecule has 0 aromatic heterocycles. The van der Waals surface area contributed by atoms with E-state index in [1.807, 2.05) is 6.08 Å². The SMILES string of the molecule is C=CCCCCCCCCCC(=O)C1CC2CCC(C1)S2. The molecular formula is C19H32OS. The average molecular weight is 309 g/mol. The van der Waals surface area contributed by atoms with Crippen molar-refractivity contribution in [1.82, 2.24) is 0 Å². The molecule has 2 rings (SSSR count). The van der Waals surface area contributed by atoms with Gasteiger partial charge in [-0.3, -0.25) is 4.79 Å². The van der Waals surface area contributed by atoms with Crippen LogP contribution in [0.4, 0.5) is 0 Å². The van der Waals surface area contributed by atoms with Gasteiger partial charge in [0, 0.05) is 22.8 Å². The van der Waals surface area contributed by atoms with Gasteiger partial charge in [-0.25, -0.2) is 0 Å². The molecular weight excluding hydrogens is 276 g/mol. The van der Waals surface area contributed by atoms with Gasteiger partial charge in [0.15, 0.2) is 0 Å². The van der Waals surface area contributed by atoms with Crippen LogP contribution < -0.4 is 0 Å². The van der Waals surface area contributed by atoms with Gasteiger partial charge in [0.05, 0.1) is 0 Å². The summed E-state index contributed by atoms with van der Waals surface area (Å²) in [7, 11) is 0. The fourth-order valence-electron chi connectivity index (χ4n) is 3.80. The van der Waals surface area contributed by atoms with E-state index in [0.717, 1.165) is 29.8 Å². The third-order valence-electron chi connectivity index (χ3n) is 5.08. The molecule has 0 aromatic carbocycles. The first-order valence-electron chi connectivity index (χ1n) is 9.08. The van der Waals surface area contributed by atoms with Crippen LogP contribution in [-0.2, 0) is 4.79 Å². The van der Waals surface area contributed by atoms with Gasteiger partial charge in [-0.1, -0.05) is 38.2 Å². The van der Waals surface area contributed by atoms with Crippen LogP contribution in [0.1, 0.15) is 83.5 Å². The van der Waals surface area contributed by atoms with Gasteiger partial charge < -0.3 is 0 Å². The molecule has 120 valence electrons. The standard InChI is InChI=1S/C19H32OS/c1-2-3-4-5-6-7-8-9-10-11-19(20)16-14-17-12-13-18(15-16)21-17/h2,16-18H,1,3-15H2. The Labute approximate surface area is 135 Å². The van der Waals surface area contributed by atoms with E-state index < -0.39 is 0 Å². The fourth-order valence-corrected chi connectivity index (χ4v) is 5.57. The first kappa shape index (κ1) is 17.1. The van der Waals surface area contributed by atoms with Crippen molar-refractivity contribution in [2.75, 3.05) is 0 Å². The topological polar surface area (TPSA) is 17.1 Å². The maximum absolute atomic E-state index is 12.3. The van der Waals surface area contributed by atoms with E-state index in [0.29, 0.717) is 11.7 Å². The maximum atomic E-state index is 12.3. The number of carbonyl (C=O) groups excluding carboxylic acids is 1. The number of carbonyl (C=O) groups is 1. The summed E-state index contributed by atoms with van der Waals surface area (Å²) in [6, 6.07) is 0. The molecule has 2 heteroatoms. The molecule has 2 aliphatic heterocycles. The molecule has 0 saturated carbocycles. The van der Waals surface area contributed by atoms with Crippen molar-refractivity contribution in [3.05, 3.63) is 12.7 Å². The molecule has 0 aliphatic carbocycles. The second kappa shape index (κ2) is 9.71. The zero-order valence-electron chi connectivity index (χ0n) is 13.5. The molecule has 2 saturated heterocycles. The summed E-state index contributed by atoms with van der Waals surface area (Å²) in [6.45, 7) is 3.75. The highest BCUT2D eigenvalue weighted by molar-refractivity contribution is 8.00. The molecule has 2 heterocycles. The Bertz CT molecular complexity index is 314. The normalized spacial score (nSPS) is 27.7. The number of fused-ring (bicyclic) bond motifs is 2. The molecule has 2 unspecified atom stereocenters. The summed E-state index contributed by atoms with van der Waals surface area (Å²) in [6.07, 6.45) is 18.2. The van der Waals surface area contributed by atoms with Crippen LogP contribution in [0.2, 0.25) is 0 Å². The lowest BCUT2D eigenvalue weighted by Crippen LogP contribution is -2.24. The van der Waals surface area contributed by atoms with Crippen molar-refractivity contribution in [3.63, 3.8) is 0 Å². The Morgan fingerprint density at radius 1 is 0.952 bits per heavy atom. The first-order chi connectivity index (χ1) is 10.3. The van der Waals surface area contributed by atoms with E-state index >= 15 is 0 Å². The Morgan fingerprint density at radius 3 is 2.14 bits per heavy atom. The van der Waals surface area contributed by atoms with E-state index in [1.165, 1.54) is 64.2 Å². The van der Waals surface area contributed by atoms with E-state index in [4.69, 9.17) is 0 Å². The van der Waals surface area contributed by atoms with Crippen LogP contribution in [0, 0.1) is 5.92 Å². The summed E-state index contributed by atoms with van der Waals surface area (Å²) in [5.74, 6) is 1.00. The molecule has 2 bridgehead atoms. The number of Topliss-reactive ketones (excluding diaryl/α,β-unsaturated/α-hetero) is 1. The first-order valence-corrected chi connectivity index (χ1v) is 10.0. The third kappa shape index (κ3) is 6.18. The lowest BCUT2D eigenvalue weighted by atomic mass is 9.91. The van der Waals surface area contributed by atoms with Gasteiger partial charge in [0.25, 0.3) is 0 Å². The minimum atomic E-state index is 0.419. The number of ketones is 1. The quantitative estimate of drug-likeness (QED) is 0.348. The van der Waals surface area contributed by atoms with Crippen molar-refractivity contribution in [2.45, 2.75) is 94.0 Å². The number of unbranched alkanes of at least 4 members (excludes halogenated alkanes) is 7. The number of rotatable bonds is 11. The molecule has 0 aromatic rings. The molecule has 2 fully saturated rings. The minimum Gasteiger partial charge on any atom is -0.299 e. The summed E-state index contributed by atoms with van der Waals surface area (Å²) in [5, 5.41) is 1.63. The summed E-state index contributed by atoms with van der Waals surface area (Å²) < 4.78 is 0. The predicted octanol–water partition coefficient (Wildman–Crippen LogP) is 5.93. The zero-order chi connectivity index (χ0) is 14.9. The van der Waals surface area contributed by atoms with E-state index in [-0.39, 0.29) is 0 Å². The van der Waals surface area contributed by atoms with Crippen molar-refractivity contribution in [2.24, 2.45) is 5.92 Å². The van der Waals surface area contributed by atoms with Gasteiger partial charge in [-0.2, -0.15) is 11.8 Å². The van der Waals surface area contributed by atoms with Crippen molar-refractivity contribution >= 4 is 17.5 Å². The minimum absolute atomic E-state index is 0.419. The highest BCUT2D eigenvalue weighted by Crippen LogP contribution is 2.46. The van der Waals surface area contributed by atoms with Crippen LogP contribution in [-0.4, -0.2) is 16.3 Å². The summed E-state index contributed by atoms with van der Waals surface area (Å²) in [4.78, 5) is 12.3. The molecule has 0 radical (unpaired) electrons. The highest BCUT2D eigenvalue weighted by Gasteiger charge is 2.37. The monoisotopic (exact) mass is 308 g/mol. The molecule has 2 aliphatic rings. The van der Waals surface area contributed by atoms with Gasteiger partial charge in [0.2, 0.25) is 0 Å². The molecule has 21 heavy (non-hydrogen) atoms. The third-order valence-corrected chi connectivity index (χ3v) is 6.70. The second-order valence-corrected chi connectivity index (χ2v) is 8.50. The molecule has 2 atom stereocenters. The maximum Gasteiger partial charge on any atom is 0.136 e. The van der Waals surface area contributed by atoms with Crippen molar-refractivity contribution in [3.8, 4) is 0 Å². The predicted molar refractivity (Wildman–Crippen MR) is 93.9 cm³/mol. The number of thioether (sulfide) groups is 1. The van der Waals surface area contributed by atoms with Crippen LogP contribution in [0.3, 0.4) is 0 Å². The molecule has 0 amide bonds. The van der Waals surface area contributed by atoms with Crippen LogP contribution in [0.15, 0.2) is 12.7 Å². The Balaban J connectivity index is 1.45. The second-order valence-electron chi connectivity index (χ2n) is 6.89. The van der Waals surface area contributed by atoms with Crippen molar-refractivity contribution in [1.29, 1.82) is 0 Å². The van der Waals surface area contributed by atoms with Crippen LogP contribution in [0.25, 0.3) is 0 Å². The lowest BCUT2D eigenvalue weighted by molar-refractivity contribution is -0.123. The van der Waals surface area contributed by atoms with E-state index in [1.54, 1.807) is 0 Å². The Morgan fingerprint density at radius 2 is 1.52 bits per heavy atom. The molecule has 1 nitrogen and oxygen atoms in total. The molecule has 0 spiro atoms.